The van der Waals surface area contributed by atoms with Crippen molar-refractivity contribution in [3.05, 3.63) is 35.4 Å². The SMILES string of the molecule is CCc1ccc(CCN2CC(C(=O)O)CC2=O)cc1. The molecule has 1 aromatic rings. The molecule has 19 heavy (non-hydrogen) atoms. The predicted octanol–water partition coefficient (Wildman–Crippen LogP) is 1.72. The van der Waals surface area contributed by atoms with Crippen LogP contribution in [0.2, 0.25) is 0 Å². The molecular formula is C15H19NO3. The van der Waals surface area contributed by atoms with Crippen LogP contribution in [-0.2, 0) is 22.4 Å². The van der Waals surface area contributed by atoms with Crippen LogP contribution in [0, 0.1) is 5.92 Å². The van der Waals surface area contributed by atoms with E-state index in [0.29, 0.717) is 13.1 Å². The summed E-state index contributed by atoms with van der Waals surface area (Å²) in [7, 11) is 0. The fraction of sp³-hybridized carbons (Fsp3) is 0.467. The summed E-state index contributed by atoms with van der Waals surface area (Å²) in [5.41, 5.74) is 2.48. The number of rotatable bonds is 5. The molecule has 1 aromatic carbocycles. The summed E-state index contributed by atoms with van der Waals surface area (Å²) in [5.74, 6) is -1.45. The van der Waals surface area contributed by atoms with E-state index in [4.69, 9.17) is 5.11 Å². The average molecular weight is 261 g/mol. The van der Waals surface area contributed by atoms with Crippen molar-refractivity contribution in [2.24, 2.45) is 5.92 Å². The maximum Gasteiger partial charge on any atom is 0.308 e. The molecule has 2 rings (SSSR count). The zero-order valence-corrected chi connectivity index (χ0v) is 11.1. The highest BCUT2D eigenvalue weighted by atomic mass is 16.4. The standard InChI is InChI=1S/C15H19NO3/c1-2-11-3-5-12(6-4-11)7-8-16-10-13(15(18)19)9-14(16)17/h3-6,13H,2,7-10H2,1H3,(H,18,19). The van der Waals surface area contributed by atoms with Gasteiger partial charge in [0, 0.05) is 19.5 Å². The van der Waals surface area contributed by atoms with E-state index in [1.807, 2.05) is 0 Å². The number of aliphatic carboxylic acids is 1. The van der Waals surface area contributed by atoms with Crippen molar-refractivity contribution in [2.45, 2.75) is 26.2 Å². The molecule has 1 unspecified atom stereocenters. The van der Waals surface area contributed by atoms with Crippen LogP contribution in [0.15, 0.2) is 24.3 Å². The lowest BCUT2D eigenvalue weighted by Crippen LogP contribution is -2.28. The number of likely N-dealkylation sites (tertiary alicyclic amines) is 1. The minimum absolute atomic E-state index is 0.0439. The number of amides is 1. The van der Waals surface area contributed by atoms with E-state index < -0.39 is 11.9 Å². The first-order chi connectivity index (χ1) is 9.10. The molecule has 1 aliphatic heterocycles. The topological polar surface area (TPSA) is 57.6 Å². The van der Waals surface area contributed by atoms with Crippen LogP contribution in [0.25, 0.3) is 0 Å². The number of hydrogen-bond donors (Lipinski definition) is 1. The number of nitrogens with zero attached hydrogens (tertiary/aromatic N) is 1. The van der Waals surface area contributed by atoms with E-state index in [9.17, 15) is 9.59 Å². The van der Waals surface area contributed by atoms with Gasteiger partial charge in [-0.25, -0.2) is 0 Å². The van der Waals surface area contributed by atoms with Gasteiger partial charge in [-0.3, -0.25) is 9.59 Å². The van der Waals surface area contributed by atoms with Gasteiger partial charge in [0.05, 0.1) is 5.92 Å². The van der Waals surface area contributed by atoms with Crippen molar-refractivity contribution in [2.75, 3.05) is 13.1 Å². The molecule has 4 nitrogen and oxygen atoms in total. The summed E-state index contributed by atoms with van der Waals surface area (Å²) in [6.07, 6.45) is 1.94. The minimum atomic E-state index is -0.872. The summed E-state index contributed by atoms with van der Waals surface area (Å²) >= 11 is 0. The molecule has 0 bridgehead atoms. The Bertz CT molecular complexity index is 467. The second-order valence-corrected chi connectivity index (χ2v) is 5.00. The fourth-order valence-corrected chi connectivity index (χ4v) is 2.36. The van der Waals surface area contributed by atoms with E-state index in [0.717, 1.165) is 12.8 Å². The second-order valence-electron chi connectivity index (χ2n) is 5.00. The second kappa shape index (κ2) is 5.87. The number of carbonyl (C=O) groups excluding carboxylic acids is 1. The van der Waals surface area contributed by atoms with Gasteiger partial charge in [0.25, 0.3) is 0 Å². The molecule has 1 heterocycles. The Morgan fingerprint density at radius 1 is 1.32 bits per heavy atom. The molecule has 0 radical (unpaired) electrons. The Morgan fingerprint density at radius 3 is 2.47 bits per heavy atom. The van der Waals surface area contributed by atoms with Crippen LogP contribution in [0.1, 0.15) is 24.5 Å². The summed E-state index contributed by atoms with van der Waals surface area (Å²) in [6, 6.07) is 8.35. The average Bonchev–Trinajstić information content (AvgIpc) is 2.79. The monoisotopic (exact) mass is 261 g/mol. The van der Waals surface area contributed by atoms with Crippen molar-refractivity contribution in [3.63, 3.8) is 0 Å². The maximum absolute atomic E-state index is 11.7. The molecule has 0 aromatic heterocycles. The molecule has 102 valence electrons. The van der Waals surface area contributed by atoms with Gasteiger partial charge in [-0.2, -0.15) is 0 Å². The summed E-state index contributed by atoms with van der Waals surface area (Å²) < 4.78 is 0. The Morgan fingerprint density at radius 2 is 1.95 bits per heavy atom. The highest BCUT2D eigenvalue weighted by Gasteiger charge is 2.33. The van der Waals surface area contributed by atoms with Crippen molar-refractivity contribution in [1.82, 2.24) is 4.90 Å². The third kappa shape index (κ3) is 3.34. The molecule has 1 saturated heterocycles. The van der Waals surface area contributed by atoms with E-state index in [2.05, 4.69) is 31.2 Å². The molecule has 1 atom stereocenters. The van der Waals surface area contributed by atoms with Gasteiger partial charge >= 0.3 is 5.97 Å². The molecule has 0 saturated carbocycles. The summed E-state index contributed by atoms with van der Waals surface area (Å²) in [5, 5.41) is 8.91. The molecule has 0 spiro atoms. The van der Waals surface area contributed by atoms with Gasteiger partial charge in [0.1, 0.15) is 0 Å². The maximum atomic E-state index is 11.7. The molecule has 1 aliphatic rings. The lowest BCUT2D eigenvalue weighted by molar-refractivity contribution is -0.141. The van der Waals surface area contributed by atoms with E-state index in [1.54, 1.807) is 4.90 Å². The molecule has 1 N–H and O–H groups in total. The quantitative estimate of drug-likeness (QED) is 0.878. The fourth-order valence-electron chi connectivity index (χ4n) is 2.36. The molecule has 0 aliphatic carbocycles. The van der Waals surface area contributed by atoms with Crippen LogP contribution in [0.4, 0.5) is 0 Å². The highest BCUT2D eigenvalue weighted by Crippen LogP contribution is 2.18. The Balaban J connectivity index is 1.88. The van der Waals surface area contributed by atoms with Crippen LogP contribution in [0.5, 0.6) is 0 Å². The highest BCUT2D eigenvalue weighted by molar-refractivity contribution is 5.86. The summed E-state index contributed by atoms with van der Waals surface area (Å²) in [6.45, 7) is 3.07. The third-order valence-corrected chi connectivity index (χ3v) is 3.67. The zero-order valence-electron chi connectivity index (χ0n) is 11.1. The van der Waals surface area contributed by atoms with Gasteiger partial charge < -0.3 is 10.0 Å². The van der Waals surface area contributed by atoms with Crippen molar-refractivity contribution >= 4 is 11.9 Å². The van der Waals surface area contributed by atoms with E-state index in [-0.39, 0.29) is 12.3 Å². The van der Waals surface area contributed by atoms with Crippen molar-refractivity contribution in [3.8, 4) is 0 Å². The molecule has 1 fully saturated rings. The van der Waals surface area contributed by atoms with E-state index >= 15 is 0 Å². The lowest BCUT2D eigenvalue weighted by Gasteiger charge is -2.15. The third-order valence-electron chi connectivity index (χ3n) is 3.67. The van der Waals surface area contributed by atoms with Gasteiger partial charge in [-0.1, -0.05) is 31.2 Å². The van der Waals surface area contributed by atoms with Crippen molar-refractivity contribution in [1.29, 1.82) is 0 Å². The Kier molecular flexibility index (Phi) is 4.20. The van der Waals surface area contributed by atoms with E-state index in [1.165, 1.54) is 11.1 Å². The number of hydrogen-bond acceptors (Lipinski definition) is 2. The zero-order chi connectivity index (χ0) is 13.8. The first-order valence-electron chi connectivity index (χ1n) is 6.68. The number of carboxylic acids is 1. The number of carbonyl (C=O) groups is 2. The van der Waals surface area contributed by atoms with Gasteiger partial charge in [-0.15, -0.1) is 0 Å². The minimum Gasteiger partial charge on any atom is -0.481 e. The first kappa shape index (κ1) is 13.6. The number of benzene rings is 1. The van der Waals surface area contributed by atoms with Crippen LogP contribution < -0.4 is 0 Å². The van der Waals surface area contributed by atoms with Gasteiger partial charge in [-0.05, 0) is 24.0 Å². The summed E-state index contributed by atoms with van der Waals surface area (Å²) in [4.78, 5) is 24.2. The lowest BCUT2D eigenvalue weighted by atomic mass is 10.1. The van der Waals surface area contributed by atoms with Crippen LogP contribution in [0.3, 0.4) is 0 Å². The van der Waals surface area contributed by atoms with Gasteiger partial charge in [0.2, 0.25) is 5.91 Å². The Labute approximate surface area is 113 Å². The van der Waals surface area contributed by atoms with Crippen LogP contribution >= 0.6 is 0 Å². The first-order valence-corrected chi connectivity index (χ1v) is 6.68. The van der Waals surface area contributed by atoms with Gasteiger partial charge in [0.15, 0.2) is 0 Å². The Hall–Kier alpha value is -1.84. The molecular weight excluding hydrogens is 242 g/mol. The molecule has 4 heteroatoms. The number of aryl methyl sites for hydroxylation is 1. The number of carboxylic acid groups (broad SMARTS) is 1. The largest absolute Gasteiger partial charge is 0.481 e. The van der Waals surface area contributed by atoms with Crippen molar-refractivity contribution < 1.29 is 14.7 Å². The van der Waals surface area contributed by atoms with Crippen LogP contribution in [-0.4, -0.2) is 35.0 Å². The molecule has 1 amide bonds. The predicted molar refractivity (Wildman–Crippen MR) is 71.8 cm³/mol. The normalized spacial score (nSPS) is 18.9. The smallest absolute Gasteiger partial charge is 0.308 e.